The monoisotopic (exact) mass is 655 g/mol. The van der Waals surface area contributed by atoms with Crippen LogP contribution in [0.2, 0.25) is 0 Å². The van der Waals surface area contributed by atoms with Crippen molar-refractivity contribution in [3.05, 3.63) is 48.6 Å². The average Bonchev–Trinajstić information content (AvgIpc) is 3.09. The Kier molecular flexibility index (Phi) is 37.9. The van der Waals surface area contributed by atoms with Gasteiger partial charge in [-0.1, -0.05) is 156 Å². The summed E-state index contributed by atoms with van der Waals surface area (Å²) in [6, 6.07) is 0. The van der Waals surface area contributed by atoms with Gasteiger partial charge in [0.25, 0.3) is 0 Å². The van der Waals surface area contributed by atoms with Crippen molar-refractivity contribution < 1.29 is 10.2 Å². The Balaban J connectivity index is 3.46. The third-order valence-electron chi connectivity index (χ3n) is 8.34. The highest BCUT2D eigenvalue weighted by molar-refractivity contribution is 5.24. The van der Waals surface area contributed by atoms with Gasteiger partial charge in [-0.25, -0.2) is 0 Å². The number of terminal acetylenes is 2. The van der Waals surface area contributed by atoms with Gasteiger partial charge in [-0.15, -0.1) is 18.8 Å². The lowest BCUT2D eigenvalue weighted by atomic mass is 10.0. The van der Waals surface area contributed by atoms with Crippen LogP contribution in [0.1, 0.15) is 180 Å². The van der Waals surface area contributed by atoms with E-state index in [1.807, 2.05) is 12.2 Å². The molecule has 0 radical (unpaired) electrons. The van der Waals surface area contributed by atoms with Crippen LogP contribution in [-0.4, -0.2) is 22.4 Å². The van der Waals surface area contributed by atoms with E-state index in [1.165, 1.54) is 116 Å². The van der Waals surface area contributed by atoms with E-state index < -0.39 is 12.2 Å². The lowest BCUT2D eigenvalue weighted by Gasteiger charge is -2.03. The zero-order chi connectivity index (χ0) is 34.9. The first-order valence-corrected chi connectivity index (χ1v) is 19.6. The highest BCUT2D eigenvalue weighted by Crippen LogP contribution is 2.14. The molecular weight excluding hydrogens is 585 g/mol. The van der Waals surface area contributed by atoms with Crippen molar-refractivity contribution in [2.24, 2.45) is 0 Å². The van der Waals surface area contributed by atoms with Crippen LogP contribution in [0.3, 0.4) is 0 Å². The summed E-state index contributed by atoms with van der Waals surface area (Å²) in [4.78, 5) is 0. The molecule has 48 heavy (non-hydrogen) atoms. The minimum Gasteiger partial charge on any atom is -0.377 e. The molecule has 2 N–H and O–H groups in total. The number of hydrogen-bond acceptors (Lipinski definition) is 2. The first kappa shape index (κ1) is 45.1. The summed E-state index contributed by atoms with van der Waals surface area (Å²) in [6.45, 7) is 0. The van der Waals surface area contributed by atoms with Gasteiger partial charge in [0.05, 0.1) is 0 Å². The molecule has 2 atom stereocenters. The zero-order valence-corrected chi connectivity index (χ0v) is 30.6. The van der Waals surface area contributed by atoms with Crippen molar-refractivity contribution in [1.29, 1.82) is 0 Å². The molecule has 0 aromatic heterocycles. The van der Waals surface area contributed by atoms with E-state index in [-0.39, 0.29) is 0 Å². The smallest absolute Gasteiger partial charge is 0.176 e. The predicted molar refractivity (Wildman–Crippen MR) is 211 cm³/mol. The largest absolute Gasteiger partial charge is 0.377 e. The molecule has 0 aliphatic rings. The van der Waals surface area contributed by atoms with Crippen molar-refractivity contribution in [3.63, 3.8) is 0 Å². The Labute approximate surface area is 298 Å². The van der Waals surface area contributed by atoms with Gasteiger partial charge >= 0.3 is 0 Å². The molecule has 0 saturated heterocycles. The summed E-state index contributed by atoms with van der Waals surface area (Å²) in [5.74, 6) is 16.5. The second-order valence-electron chi connectivity index (χ2n) is 12.9. The van der Waals surface area contributed by atoms with Gasteiger partial charge in [0, 0.05) is 12.8 Å². The Morgan fingerprint density at radius 1 is 0.438 bits per heavy atom. The molecule has 266 valence electrons. The molecular formula is C46H70O2. The fourth-order valence-electron chi connectivity index (χ4n) is 5.38. The quantitative estimate of drug-likeness (QED) is 0.0444. The maximum atomic E-state index is 9.88. The van der Waals surface area contributed by atoms with Crippen molar-refractivity contribution in [2.45, 2.75) is 192 Å². The number of aliphatic hydroxyl groups excluding tert-OH is 2. The van der Waals surface area contributed by atoms with E-state index in [4.69, 9.17) is 12.8 Å². The van der Waals surface area contributed by atoms with Gasteiger partial charge in [-0.05, 0) is 89.2 Å². The normalized spacial score (nSPS) is 12.6. The minimum atomic E-state index is -0.882. The molecule has 0 heterocycles. The minimum absolute atomic E-state index is 0.772. The molecule has 2 nitrogen and oxygen atoms in total. The average molecular weight is 655 g/mol. The van der Waals surface area contributed by atoms with Crippen LogP contribution in [0, 0.1) is 48.4 Å². The number of unbranched alkanes of at least 4 members (excludes halogenated alkanes) is 24. The molecule has 0 unspecified atom stereocenters. The number of aliphatic hydroxyl groups is 2. The first-order valence-electron chi connectivity index (χ1n) is 19.6. The van der Waals surface area contributed by atoms with Crippen molar-refractivity contribution in [2.75, 3.05) is 0 Å². The Morgan fingerprint density at radius 2 is 0.854 bits per heavy atom. The van der Waals surface area contributed by atoms with E-state index in [9.17, 15) is 10.2 Å². The van der Waals surface area contributed by atoms with Crippen molar-refractivity contribution in [1.82, 2.24) is 0 Å². The lowest BCUT2D eigenvalue weighted by molar-refractivity contribution is 0.280. The van der Waals surface area contributed by atoms with Crippen LogP contribution >= 0.6 is 0 Å². The van der Waals surface area contributed by atoms with Gasteiger partial charge in [-0.3, -0.25) is 0 Å². The highest BCUT2D eigenvalue weighted by atomic mass is 16.3. The summed E-state index contributed by atoms with van der Waals surface area (Å²) < 4.78 is 0. The fraction of sp³-hybridized carbons (Fsp3) is 0.652. The molecule has 0 bridgehead atoms. The molecule has 0 spiro atoms. The predicted octanol–water partition coefficient (Wildman–Crippen LogP) is 12.1. The molecule has 0 aromatic carbocycles. The summed E-state index contributed by atoms with van der Waals surface area (Å²) in [6.07, 6.45) is 60.1. The van der Waals surface area contributed by atoms with Crippen molar-refractivity contribution >= 4 is 0 Å². The number of allylic oxidation sites excluding steroid dienone is 7. The first-order chi connectivity index (χ1) is 23.7. The SMILES string of the molecule is C#CCCCCCCCCCCCCCCCC/C=C\CCCC/C=C/CC/C=C/C#C[C@@H](O)C#CCCCCCC/C=C/[C@H](O)C#C. The second-order valence-corrected chi connectivity index (χ2v) is 12.9. The lowest BCUT2D eigenvalue weighted by Crippen LogP contribution is -1.97. The van der Waals surface area contributed by atoms with E-state index in [2.05, 4.69) is 65.9 Å². The van der Waals surface area contributed by atoms with E-state index in [0.29, 0.717) is 0 Å². The molecule has 0 aliphatic carbocycles. The highest BCUT2D eigenvalue weighted by Gasteiger charge is 1.95. The molecule has 0 amide bonds. The van der Waals surface area contributed by atoms with Crippen LogP contribution in [-0.2, 0) is 0 Å². The summed E-state index contributed by atoms with van der Waals surface area (Å²) >= 11 is 0. The maximum absolute atomic E-state index is 9.88. The zero-order valence-electron chi connectivity index (χ0n) is 30.6. The second kappa shape index (κ2) is 40.3. The van der Waals surface area contributed by atoms with Gasteiger partial charge in [-0.2, -0.15) is 0 Å². The van der Waals surface area contributed by atoms with E-state index >= 15 is 0 Å². The Bertz CT molecular complexity index is 1020. The molecule has 2 heteroatoms. The topological polar surface area (TPSA) is 40.5 Å². The van der Waals surface area contributed by atoms with Gasteiger partial charge in [0.1, 0.15) is 6.10 Å². The van der Waals surface area contributed by atoms with E-state index in [1.54, 1.807) is 6.08 Å². The molecule has 0 fully saturated rings. The van der Waals surface area contributed by atoms with Crippen LogP contribution < -0.4 is 0 Å². The fourth-order valence-corrected chi connectivity index (χ4v) is 5.38. The Morgan fingerprint density at radius 3 is 1.38 bits per heavy atom. The summed E-state index contributed by atoms with van der Waals surface area (Å²) in [7, 11) is 0. The standard InChI is InChI=1S/C46H70O2/c1-3-5-6-7-8-9-10-11-12-13-14-15-16-17-18-19-20-21-22-23-24-25-26-27-28-29-30-34-37-40-43-46(48)44-41-38-35-32-31-33-36-39-42-45(47)4-2/h1-2,21-22,27-28,34,37,39,42,45-48H,5-20,23-26,29-33,35-36,38H2/b22-21-,28-27+,37-34+,42-39+/t45-,46-/m1/s1. The maximum Gasteiger partial charge on any atom is 0.176 e. The molecule has 0 saturated carbocycles. The third-order valence-corrected chi connectivity index (χ3v) is 8.34. The molecule has 0 rings (SSSR count). The molecule has 0 aromatic rings. The van der Waals surface area contributed by atoms with Gasteiger partial charge < -0.3 is 10.2 Å². The van der Waals surface area contributed by atoms with Gasteiger partial charge in [0.2, 0.25) is 0 Å². The van der Waals surface area contributed by atoms with Gasteiger partial charge in [0.15, 0.2) is 6.10 Å². The summed E-state index contributed by atoms with van der Waals surface area (Å²) in [5, 5.41) is 19.1. The number of hydrogen-bond donors (Lipinski definition) is 2. The van der Waals surface area contributed by atoms with Crippen LogP contribution in [0.15, 0.2) is 48.6 Å². The van der Waals surface area contributed by atoms with E-state index in [0.717, 1.165) is 64.2 Å². The molecule has 0 aliphatic heterocycles. The third kappa shape index (κ3) is 39.3. The number of rotatable bonds is 31. The van der Waals surface area contributed by atoms with Crippen LogP contribution in [0.25, 0.3) is 0 Å². The van der Waals surface area contributed by atoms with Crippen molar-refractivity contribution in [3.8, 4) is 48.4 Å². The Hall–Kier alpha value is -2.88. The van der Waals surface area contributed by atoms with Crippen LogP contribution in [0.4, 0.5) is 0 Å². The summed E-state index contributed by atoms with van der Waals surface area (Å²) in [5.41, 5.74) is 0. The van der Waals surface area contributed by atoms with Crippen LogP contribution in [0.5, 0.6) is 0 Å².